The first-order chi connectivity index (χ1) is 4.79. The Labute approximate surface area is 65.8 Å². The number of rotatable bonds is 0. The van der Waals surface area contributed by atoms with E-state index in [4.69, 9.17) is 17.3 Å². The maximum Gasteiger partial charge on any atom is 0.0407 e. The molecule has 0 aromatic heterocycles. The fraction of sp³-hybridized carbons (Fsp3) is 0. The summed E-state index contributed by atoms with van der Waals surface area (Å²) in [4.78, 5) is 0. The molecule has 0 unspecified atom stereocenters. The zero-order valence-electron chi connectivity index (χ0n) is 5.42. The van der Waals surface area contributed by atoms with E-state index >= 15 is 0 Å². The van der Waals surface area contributed by atoms with Crippen LogP contribution < -0.4 is 5.73 Å². The summed E-state index contributed by atoms with van der Waals surface area (Å²) >= 11 is 5.56. The molecule has 1 nitrogen and oxygen atoms in total. The lowest BCUT2D eigenvalue weighted by Crippen LogP contribution is -1.80. The lowest BCUT2D eigenvalue weighted by Gasteiger charge is -1.88. The number of terminal acetylenes is 1. The van der Waals surface area contributed by atoms with Crippen LogP contribution in [0.15, 0.2) is 24.3 Å². The van der Waals surface area contributed by atoms with Crippen molar-refractivity contribution in [3.8, 4) is 12.8 Å². The average molecular weight is 154 g/mol. The van der Waals surface area contributed by atoms with Crippen molar-refractivity contribution in [2.45, 2.75) is 0 Å². The van der Waals surface area contributed by atoms with Gasteiger partial charge in [-0.2, -0.15) is 0 Å². The van der Waals surface area contributed by atoms with Crippen molar-refractivity contribution in [2.75, 3.05) is 5.73 Å². The number of nitrogen functional groups attached to an aromatic ring is 1. The second-order valence-electron chi connectivity index (χ2n) is 1.55. The van der Waals surface area contributed by atoms with Gasteiger partial charge < -0.3 is 5.73 Å². The maximum absolute atomic E-state index is 5.56. The Bertz CT molecular complexity index is 179. The topological polar surface area (TPSA) is 26.0 Å². The Morgan fingerprint density at radius 2 is 1.50 bits per heavy atom. The van der Waals surface area contributed by atoms with Crippen LogP contribution in [0.1, 0.15) is 0 Å². The van der Waals surface area contributed by atoms with Crippen LogP contribution in [0.3, 0.4) is 0 Å². The minimum absolute atomic E-state index is 0.721. The van der Waals surface area contributed by atoms with Gasteiger partial charge in [-0.15, -0.1) is 12.8 Å². The fourth-order valence-electron chi connectivity index (χ4n) is 0.463. The lowest BCUT2D eigenvalue weighted by atomic mass is 10.3. The molecule has 0 heterocycles. The highest BCUT2D eigenvalue weighted by Gasteiger charge is 1.82. The fourth-order valence-corrected chi connectivity index (χ4v) is 0.589. The lowest BCUT2D eigenvalue weighted by molar-refractivity contribution is 1.69. The van der Waals surface area contributed by atoms with E-state index in [9.17, 15) is 0 Å². The SMILES string of the molecule is C#C.Nc1ccc(Cl)cc1. The molecule has 0 radical (unpaired) electrons. The second kappa shape index (κ2) is 4.72. The highest BCUT2D eigenvalue weighted by molar-refractivity contribution is 6.30. The number of benzene rings is 1. The summed E-state index contributed by atoms with van der Waals surface area (Å²) < 4.78 is 0. The van der Waals surface area contributed by atoms with E-state index < -0.39 is 0 Å². The molecule has 0 atom stereocenters. The molecule has 1 rings (SSSR count). The molecule has 1 aromatic rings. The average Bonchev–Trinajstić information content (AvgIpc) is 2.00. The predicted molar refractivity (Wildman–Crippen MR) is 45.8 cm³/mol. The van der Waals surface area contributed by atoms with E-state index in [0.29, 0.717) is 0 Å². The summed E-state index contributed by atoms with van der Waals surface area (Å²) in [6.45, 7) is 0. The van der Waals surface area contributed by atoms with Crippen LogP contribution in [-0.4, -0.2) is 0 Å². The monoisotopic (exact) mass is 153 g/mol. The smallest absolute Gasteiger partial charge is 0.0407 e. The molecule has 0 fully saturated rings. The number of anilines is 1. The van der Waals surface area contributed by atoms with E-state index in [0.717, 1.165) is 10.7 Å². The Kier molecular flexibility index (Phi) is 4.19. The van der Waals surface area contributed by atoms with Crippen LogP contribution >= 0.6 is 11.6 Å². The molecule has 0 aliphatic rings. The second-order valence-corrected chi connectivity index (χ2v) is 1.99. The van der Waals surface area contributed by atoms with Gasteiger partial charge in [0.25, 0.3) is 0 Å². The van der Waals surface area contributed by atoms with Crippen LogP contribution in [0.25, 0.3) is 0 Å². The molecule has 0 bridgehead atoms. The number of halogens is 1. The van der Waals surface area contributed by atoms with Crippen molar-refractivity contribution in [1.82, 2.24) is 0 Å². The van der Waals surface area contributed by atoms with E-state index in [1.807, 2.05) is 0 Å². The molecule has 0 saturated heterocycles. The van der Waals surface area contributed by atoms with Gasteiger partial charge in [-0.05, 0) is 24.3 Å². The van der Waals surface area contributed by atoms with Crippen molar-refractivity contribution in [3.05, 3.63) is 29.3 Å². The zero-order valence-corrected chi connectivity index (χ0v) is 6.18. The van der Waals surface area contributed by atoms with Gasteiger partial charge in [-0.25, -0.2) is 0 Å². The van der Waals surface area contributed by atoms with Gasteiger partial charge in [0.05, 0.1) is 0 Å². The minimum atomic E-state index is 0.721. The van der Waals surface area contributed by atoms with Crippen molar-refractivity contribution >= 4 is 17.3 Å². The Balaban J connectivity index is 0.000000371. The van der Waals surface area contributed by atoms with E-state index in [2.05, 4.69) is 12.8 Å². The summed E-state index contributed by atoms with van der Waals surface area (Å²) in [6, 6.07) is 7.05. The largest absolute Gasteiger partial charge is 0.399 e. The van der Waals surface area contributed by atoms with Crippen molar-refractivity contribution < 1.29 is 0 Å². The summed E-state index contributed by atoms with van der Waals surface area (Å²) in [6.07, 6.45) is 8.00. The Morgan fingerprint density at radius 3 is 1.80 bits per heavy atom. The standard InChI is InChI=1S/C6H6ClN.C2H2/c7-5-1-3-6(8)4-2-5;1-2/h1-4H,8H2;1-2H. The minimum Gasteiger partial charge on any atom is -0.399 e. The van der Waals surface area contributed by atoms with Gasteiger partial charge in [0.1, 0.15) is 0 Å². The third kappa shape index (κ3) is 3.01. The van der Waals surface area contributed by atoms with Crippen molar-refractivity contribution in [3.63, 3.8) is 0 Å². The molecule has 2 heteroatoms. The first-order valence-corrected chi connectivity index (χ1v) is 3.01. The van der Waals surface area contributed by atoms with Crippen LogP contribution in [0.5, 0.6) is 0 Å². The molecular weight excluding hydrogens is 146 g/mol. The van der Waals surface area contributed by atoms with E-state index in [1.54, 1.807) is 24.3 Å². The molecule has 10 heavy (non-hydrogen) atoms. The molecule has 0 aliphatic carbocycles. The van der Waals surface area contributed by atoms with Gasteiger partial charge >= 0.3 is 0 Å². The summed E-state index contributed by atoms with van der Waals surface area (Å²) in [5, 5.41) is 0.721. The number of hydrogen-bond acceptors (Lipinski definition) is 1. The normalized spacial score (nSPS) is 7.50. The first-order valence-electron chi connectivity index (χ1n) is 2.63. The van der Waals surface area contributed by atoms with E-state index in [-0.39, 0.29) is 0 Å². The maximum atomic E-state index is 5.56. The highest BCUT2D eigenvalue weighted by Crippen LogP contribution is 2.09. The Hall–Kier alpha value is -1.13. The summed E-state index contributed by atoms with van der Waals surface area (Å²) in [7, 11) is 0. The predicted octanol–water partition coefficient (Wildman–Crippen LogP) is 2.17. The molecule has 0 saturated carbocycles. The van der Waals surface area contributed by atoms with Crippen molar-refractivity contribution in [2.24, 2.45) is 0 Å². The third-order valence-electron chi connectivity index (χ3n) is 0.870. The number of nitrogens with two attached hydrogens (primary N) is 1. The molecule has 0 aliphatic heterocycles. The van der Waals surface area contributed by atoms with Crippen LogP contribution in [0.4, 0.5) is 5.69 Å². The highest BCUT2D eigenvalue weighted by atomic mass is 35.5. The van der Waals surface area contributed by atoms with Gasteiger partial charge in [-0.3, -0.25) is 0 Å². The van der Waals surface area contributed by atoms with Crippen LogP contribution in [-0.2, 0) is 0 Å². The van der Waals surface area contributed by atoms with E-state index in [1.165, 1.54) is 0 Å². The van der Waals surface area contributed by atoms with Gasteiger partial charge in [-0.1, -0.05) is 11.6 Å². The Morgan fingerprint density at radius 1 is 1.10 bits per heavy atom. The molecular formula is C8H8ClN. The number of hydrogen-bond donors (Lipinski definition) is 1. The summed E-state index contributed by atoms with van der Waals surface area (Å²) in [5.74, 6) is 0. The van der Waals surface area contributed by atoms with Crippen LogP contribution in [0, 0.1) is 12.8 Å². The summed E-state index contributed by atoms with van der Waals surface area (Å²) in [5.41, 5.74) is 6.11. The molecule has 2 N–H and O–H groups in total. The quantitative estimate of drug-likeness (QED) is 0.449. The molecule has 52 valence electrons. The first kappa shape index (κ1) is 8.87. The van der Waals surface area contributed by atoms with Crippen molar-refractivity contribution in [1.29, 1.82) is 0 Å². The van der Waals surface area contributed by atoms with Gasteiger partial charge in [0, 0.05) is 10.7 Å². The van der Waals surface area contributed by atoms with Crippen LogP contribution in [0.2, 0.25) is 5.02 Å². The molecule has 0 amide bonds. The zero-order chi connectivity index (χ0) is 7.98. The van der Waals surface area contributed by atoms with Gasteiger partial charge in [0.15, 0.2) is 0 Å². The molecule has 0 spiro atoms. The third-order valence-corrected chi connectivity index (χ3v) is 1.12. The van der Waals surface area contributed by atoms with Gasteiger partial charge in [0.2, 0.25) is 0 Å². The molecule has 1 aromatic carbocycles.